The van der Waals surface area contributed by atoms with Crippen molar-refractivity contribution in [2.24, 2.45) is 5.73 Å². The number of halogens is 6. The second kappa shape index (κ2) is 6.31. The second-order valence-corrected chi connectivity index (χ2v) is 3.53. The summed E-state index contributed by atoms with van der Waals surface area (Å²) >= 11 is 0. The zero-order chi connectivity index (χ0) is 13.2. The van der Waals surface area contributed by atoms with Crippen molar-refractivity contribution in [3.05, 3.63) is 35.4 Å². The number of aliphatic hydroxyl groups excluding tert-OH is 1. The number of rotatable bonds is 3. The first-order valence-electron chi connectivity index (χ1n) is 4.67. The molecule has 0 aliphatic carbocycles. The third-order valence-corrected chi connectivity index (χ3v) is 2.23. The molecule has 104 valence electrons. The van der Waals surface area contributed by atoms with Crippen LogP contribution in [0.15, 0.2) is 18.2 Å². The number of benzene rings is 1. The van der Waals surface area contributed by atoms with Crippen LogP contribution < -0.4 is 5.73 Å². The smallest absolute Gasteiger partial charge is 0.388 e. The average molecular weight is 292 g/mol. The molecule has 0 heterocycles. The Morgan fingerprint density at radius 1 is 1.17 bits per heavy atom. The minimum Gasteiger partial charge on any atom is -0.388 e. The van der Waals surface area contributed by atoms with E-state index in [1.54, 1.807) is 0 Å². The molecule has 0 amide bonds. The van der Waals surface area contributed by atoms with E-state index in [1.165, 1.54) is 0 Å². The lowest BCUT2D eigenvalue weighted by atomic mass is 10.0. The van der Waals surface area contributed by atoms with E-state index in [0.717, 1.165) is 18.2 Å². The third-order valence-electron chi connectivity index (χ3n) is 2.23. The Bertz CT molecular complexity index is 378. The van der Waals surface area contributed by atoms with Crippen molar-refractivity contribution in [1.82, 2.24) is 0 Å². The standard InChI is InChI=1S/C10H10F5NO.ClH/c11-5-2-1-3-6(12)9(5)7(17)4-8(16)10(13,14)15;/h1-3,7-8,17H,4,16H2;1H/t7-,8-;/m1./s1. The molecule has 0 aromatic heterocycles. The van der Waals surface area contributed by atoms with Crippen LogP contribution in [0.3, 0.4) is 0 Å². The lowest BCUT2D eigenvalue weighted by Gasteiger charge is -2.19. The van der Waals surface area contributed by atoms with Gasteiger partial charge in [-0.1, -0.05) is 6.07 Å². The summed E-state index contributed by atoms with van der Waals surface area (Å²) in [6, 6.07) is 0.406. The molecular weight excluding hydrogens is 281 g/mol. The molecule has 0 bridgehead atoms. The van der Waals surface area contributed by atoms with Gasteiger partial charge >= 0.3 is 6.18 Å². The quantitative estimate of drug-likeness (QED) is 0.841. The van der Waals surface area contributed by atoms with Crippen LogP contribution in [0, 0.1) is 11.6 Å². The van der Waals surface area contributed by atoms with Crippen LogP contribution in [-0.2, 0) is 0 Å². The predicted octanol–water partition coefficient (Wildman–Crippen LogP) is 2.70. The third kappa shape index (κ3) is 4.08. The van der Waals surface area contributed by atoms with Crippen molar-refractivity contribution in [2.75, 3.05) is 0 Å². The van der Waals surface area contributed by atoms with Gasteiger partial charge in [0.05, 0.1) is 11.7 Å². The van der Waals surface area contributed by atoms with Gasteiger partial charge in [-0.25, -0.2) is 8.78 Å². The molecule has 0 saturated heterocycles. The van der Waals surface area contributed by atoms with E-state index < -0.39 is 41.9 Å². The summed E-state index contributed by atoms with van der Waals surface area (Å²) in [5, 5.41) is 9.36. The van der Waals surface area contributed by atoms with Gasteiger partial charge < -0.3 is 10.8 Å². The van der Waals surface area contributed by atoms with Crippen LogP contribution in [0.2, 0.25) is 0 Å². The molecule has 3 N–H and O–H groups in total. The van der Waals surface area contributed by atoms with Crippen LogP contribution >= 0.6 is 12.4 Å². The van der Waals surface area contributed by atoms with Gasteiger partial charge in [-0.3, -0.25) is 0 Å². The number of aliphatic hydroxyl groups is 1. The van der Waals surface area contributed by atoms with Crippen molar-refractivity contribution in [2.45, 2.75) is 24.7 Å². The lowest BCUT2D eigenvalue weighted by Crippen LogP contribution is -2.38. The highest BCUT2D eigenvalue weighted by molar-refractivity contribution is 5.85. The minimum atomic E-state index is -4.72. The highest BCUT2D eigenvalue weighted by Gasteiger charge is 2.38. The molecule has 0 aliphatic heterocycles. The summed E-state index contributed by atoms with van der Waals surface area (Å²) in [5.41, 5.74) is 3.96. The van der Waals surface area contributed by atoms with Gasteiger partial charge in [0.2, 0.25) is 0 Å². The zero-order valence-corrected chi connectivity index (χ0v) is 9.73. The van der Waals surface area contributed by atoms with E-state index in [9.17, 15) is 27.1 Å². The van der Waals surface area contributed by atoms with Gasteiger partial charge in [0, 0.05) is 6.42 Å². The number of nitrogens with two attached hydrogens (primary N) is 1. The number of alkyl halides is 3. The maximum atomic E-state index is 13.1. The van der Waals surface area contributed by atoms with E-state index >= 15 is 0 Å². The fraction of sp³-hybridized carbons (Fsp3) is 0.400. The molecule has 2 nitrogen and oxygen atoms in total. The Hall–Kier alpha value is -0.920. The largest absolute Gasteiger partial charge is 0.403 e. The van der Waals surface area contributed by atoms with Crippen molar-refractivity contribution in [1.29, 1.82) is 0 Å². The zero-order valence-electron chi connectivity index (χ0n) is 8.92. The van der Waals surface area contributed by atoms with E-state index in [4.69, 9.17) is 5.73 Å². The van der Waals surface area contributed by atoms with Gasteiger partial charge in [-0.2, -0.15) is 13.2 Å². The first-order valence-corrected chi connectivity index (χ1v) is 4.67. The van der Waals surface area contributed by atoms with Gasteiger partial charge in [0.25, 0.3) is 0 Å². The number of hydrogen-bond donors (Lipinski definition) is 2. The Morgan fingerprint density at radius 2 is 1.61 bits per heavy atom. The lowest BCUT2D eigenvalue weighted by molar-refractivity contribution is -0.154. The normalized spacial score (nSPS) is 14.8. The first kappa shape index (κ1) is 17.1. The molecule has 1 aromatic carbocycles. The van der Waals surface area contributed by atoms with Crippen LogP contribution in [0.5, 0.6) is 0 Å². The maximum absolute atomic E-state index is 13.1. The average Bonchev–Trinajstić information content (AvgIpc) is 2.15. The molecule has 0 aliphatic rings. The van der Waals surface area contributed by atoms with Crippen LogP contribution in [0.4, 0.5) is 22.0 Å². The first-order chi connectivity index (χ1) is 7.73. The Kier molecular flexibility index (Phi) is 5.98. The molecular formula is C10H11ClF5NO. The molecule has 1 aromatic rings. The SMILES string of the molecule is Cl.N[C@H](C[C@@H](O)c1c(F)cccc1F)C(F)(F)F. The summed E-state index contributed by atoms with van der Waals surface area (Å²) in [6.45, 7) is 0. The summed E-state index contributed by atoms with van der Waals surface area (Å²) in [5.74, 6) is -2.21. The van der Waals surface area contributed by atoms with Crippen LogP contribution in [0.1, 0.15) is 18.1 Å². The predicted molar refractivity (Wildman–Crippen MR) is 57.2 cm³/mol. The highest BCUT2D eigenvalue weighted by atomic mass is 35.5. The van der Waals surface area contributed by atoms with Crippen molar-refractivity contribution >= 4 is 12.4 Å². The van der Waals surface area contributed by atoms with Crippen molar-refractivity contribution in [3.8, 4) is 0 Å². The van der Waals surface area contributed by atoms with Crippen molar-refractivity contribution in [3.63, 3.8) is 0 Å². The molecule has 0 spiro atoms. The topological polar surface area (TPSA) is 46.2 Å². The Balaban J connectivity index is 0.00000289. The second-order valence-electron chi connectivity index (χ2n) is 3.53. The molecule has 0 saturated carbocycles. The van der Waals surface area contributed by atoms with Gasteiger partial charge in [0.15, 0.2) is 0 Å². The fourth-order valence-corrected chi connectivity index (χ4v) is 1.32. The maximum Gasteiger partial charge on any atom is 0.403 e. The van der Waals surface area contributed by atoms with E-state index in [-0.39, 0.29) is 12.4 Å². The minimum absolute atomic E-state index is 0. The molecule has 18 heavy (non-hydrogen) atoms. The molecule has 0 unspecified atom stereocenters. The van der Waals surface area contributed by atoms with E-state index in [0.29, 0.717) is 0 Å². The van der Waals surface area contributed by atoms with Crippen LogP contribution in [0.25, 0.3) is 0 Å². The van der Waals surface area contributed by atoms with E-state index in [2.05, 4.69) is 0 Å². The fourth-order valence-electron chi connectivity index (χ4n) is 1.32. The molecule has 8 heteroatoms. The Morgan fingerprint density at radius 3 is 2.00 bits per heavy atom. The highest BCUT2D eigenvalue weighted by Crippen LogP contribution is 2.29. The summed E-state index contributed by atoms with van der Waals surface area (Å²) < 4.78 is 62.6. The summed E-state index contributed by atoms with van der Waals surface area (Å²) in [4.78, 5) is 0. The summed E-state index contributed by atoms with van der Waals surface area (Å²) in [7, 11) is 0. The Labute approximate surface area is 106 Å². The molecule has 1 rings (SSSR count). The van der Waals surface area contributed by atoms with Crippen molar-refractivity contribution < 1.29 is 27.1 Å². The monoisotopic (exact) mass is 291 g/mol. The molecule has 0 radical (unpaired) electrons. The van der Waals surface area contributed by atoms with Crippen LogP contribution in [-0.4, -0.2) is 17.3 Å². The van der Waals surface area contributed by atoms with Gasteiger partial charge in [-0.15, -0.1) is 12.4 Å². The van der Waals surface area contributed by atoms with E-state index in [1.807, 2.05) is 0 Å². The van der Waals surface area contributed by atoms with Gasteiger partial charge in [-0.05, 0) is 12.1 Å². The molecule has 2 atom stereocenters. The number of hydrogen-bond acceptors (Lipinski definition) is 2. The molecule has 0 fully saturated rings. The van der Waals surface area contributed by atoms with Gasteiger partial charge in [0.1, 0.15) is 17.7 Å². The summed E-state index contributed by atoms with van der Waals surface area (Å²) in [6.07, 6.45) is -7.66.